The first-order chi connectivity index (χ1) is 17.1. The van der Waals surface area contributed by atoms with E-state index in [2.05, 4.69) is 60.6 Å². The zero-order chi connectivity index (χ0) is 23.9. The van der Waals surface area contributed by atoms with Gasteiger partial charge in [0.15, 0.2) is 0 Å². The molecule has 35 heavy (non-hydrogen) atoms. The number of pyridine rings is 3. The van der Waals surface area contributed by atoms with Crippen molar-refractivity contribution in [2.75, 3.05) is 5.32 Å². The zero-order valence-electron chi connectivity index (χ0n) is 19.1. The number of hydrogen-bond donors (Lipinski definition) is 3. The molecule has 0 saturated heterocycles. The number of aryl methyl sites for hydroxylation is 1. The van der Waals surface area contributed by atoms with E-state index in [0.717, 1.165) is 50.1 Å². The van der Waals surface area contributed by atoms with E-state index in [1.54, 1.807) is 29.9 Å². The van der Waals surface area contributed by atoms with Crippen molar-refractivity contribution in [3.05, 3.63) is 66.1 Å². The Morgan fingerprint density at radius 2 is 1.97 bits per heavy atom. The van der Waals surface area contributed by atoms with Gasteiger partial charge in [-0.15, -0.1) is 11.3 Å². The van der Waals surface area contributed by atoms with Crippen molar-refractivity contribution < 1.29 is 4.79 Å². The summed E-state index contributed by atoms with van der Waals surface area (Å²) in [7, 11) is 0. The van der Waals surface area contributed by atoms with E-state index in [0.29, 0.717) is 12.1 Å². The first-order valence-corrected chi connectivity index (χ1v) is 12.0. The zero-order valence-corrected chi connectivity index (χ0v) is 19.9. The van der Waals surface area contributed by atoms with E-state index in [-0.39, 0.29) is 5.91 Å². The summed E-state index contributed by atoms with van der Waals surface area (Å²) in [5, 5.41) is 12.5. The molecule has 0 spiro atoms. The molecule has 0 aliphatic rings. The molecule has 0 radical (unpaired) electrons. The SMILES string of the molecule is CCC(=O)Nc1cncc(-c2cc3c(-c4cc5c(-c6ccc(C)s6)ccnc5[nH]4)n[nH]c3cn2)c1. The molecular formula is C26H21N7OS. The second-order valence-electron chi connectivity index (χ2n) is 8.27. The normalized spacial score (nSPS) is 11.4. The van der Waals surface area contributed by atoms with Gasteiger partial charge in [0.25, 0.3) is 0 Å². The molecule has 172 valence electrons. The Hall–Kier alpha value is -4.37. The molecule has 6 heterocycles. The van der Waals surface area contributed by atoms with Gasteiger partial charge in [0, 0.05) is 50.5 Å². The maximum absolute atomic E-state index is 11.8. The summed E-state index contributed by atoms with van der Waals surface area (Å²) in [5.41, 5.74) is 6.64. The molecule has 6 aromatic heterocycles. The quantitative estimate of drug-likeness (QED) is 0.283. The van der Waals surface area contributed by atoms with Gasteiger partial charge < -0.3 is 10.3 Å². The Balaban J connectivity index is 1.43. The summed E-state index contributed by atoms with van der Waals surface area (Å²) in [6.45, 7) is 3.92. The highest BCUT2D eigenvalue weighted by atomic mass is 32.1. The smallest absolute Gasteiger partial charge is 0.224 e. The lowest BCUT2D eigenvalue weighted by Crippen LogP contribution is -2.09. The molecule has 0 aliphatic heterocycles. The van der Waals surface area contributed by atoms with Crippen molar-refractivity contribution in [3.63, 3.8) is 0 Å². The van der Waals surface area contributed by atoms with E-state index in [4.69, 9.17) is 0 Å². The molecule has 6 aromatic rings. The fourth-order valence-corrected chi connectivity index (χ4v) is 5.03. The van der Waals surface area contributed by atoms with Crippen LogP contribution in [0.1, 0.15) is 18.2 Å². The maximum atomic E-state index is 11.8. The van der Waals surface area contributed by atoms with Crippen LogP contribution in [0.2, 0.25) is 0 Å². The van der Waals surface area contributed by atoms with Crippen LogP contribution in [0.5, 0.6) is 0 Å². The molecule has 1 amide bonds. The van der Waals surface area contributed by atoms with Crippen LogP contribution < -0.4 is 5.32 Å². The second-order valence-corrected chi connectivity index (χ2v) is 9.55. The number of fused-ring (bicyclic) bond motifs is 2. The van der Waals surface area contributed by atoms with Crippen LogP contribution in [0, 0.1) is 6.92 Å². The van der Waals surface area contributed by atoms with Gasteiger partial charge in [0.05, 0.1) is 35.0 Å². The summed E-state index contributed by atoms with van der Waals surface area (Å²) in [4.78, 5) is 31.1. The number of thiophene rings is 1. The number of carbonyl (C=O) groups excluding carboxylic acids is 1. The third kappa shape index (κ3) is 3.85. The van der Waals surface area contributed by atoms with Crippen molar-refractivity contribution in [1.82, 2.24) is 30.1 Å². The van der Waals surface area contributed by atoms with E-state index < -0.39 is 0 Å². The van der Waals surface area contributed by atoms with Crippen LogP contribution >= 0.6 is 11.3 Å². The number of hydrogen-bond acceptors (Lipinski definition) is 6. The topological polar surface area (TPSA) is 112 Å². The average molecular weight is 480 g/mol. The lowest BCUT2D eigenvalue weighted by Gasteiger charge is -2.06. The average Bonchev–Trinajstić information content (AvgIpc) is 3.61. The first-order valence-electron chi connectivity index (χ1n) is 11.2. The highest BCUT2D eigenvalue weighted by Crippen LogP contribution is 2.36. The monoisotopic (exact) mass is 479 g/mol. The Morgan fingerprint density at radius 3 is 2.80 bits per heavy atom. The third-order valence-corrected chi connectivity index (χ3v) is 6.91. The van der Waals surface area contributed by atoms with E-state index in [1.165, 1.54) is 9.75 Å². The van der Waals surface area contributed by atoms with Crippen molar-refractivity contribution in [1.29, 1.82) is 0 Å². The van der Waals surface area contributed by atoms with E-state index in [1.807, 2.05) is 31.3 Å². The van der Waals surface area contributed by atoms with Gasteiger partial charge >= 0.3 is 0 Å². The summed E-state index contributed by atoms with van der Waals surface area (Å²) in [5.74, 6) is -0.0611. The van der Waals surface area contributed by atoms with Crippen LogP contribution in [-0.4, -0.2) is 36.0 Å². The van der Waals surface area contributed by atoms with Gasteiger partial charge in [-0.3, -0.25) is 19.9 Å². The van der Waals surface area contributed by atoms with Crippen LogP contribution in [-0.2, 0) is 4.79 Å². The number of carbonyl (C=O) groups is 1. The lowest BCUT2D eigenvalue weighted by atomic mass is 10.1. The molecule has 9 heteroatoms. The number of rotatable bonds is 5. The summed E-state index contributed by atoms with van der Waals surface area (Å²) >= 11 is 1.77. The molecule has 0 bridgehead atoms. The van der Waals surface area contributed by atoms with Crippen LogP contribution in [0.25, 0.3) is 55.0 Å². The molecule has 3 N–H and O–H groups in total. The number of aromatic amines is 2. The Bertz CT molecular complexity index is 1710. The van der Waals surface area contributed by atoms with Gasteiger partial charge in [-0.25, -0.2) is 4.98 Å². The minimum absolute atomic E-state index is 0.0611. The fourth-order valence-electron chi connectivity index (χ4n) is 4.13. The second kappa shape index (κ2) is 8.44. The van der Waals surface area contributed by atoms with Crippen LogP contribution in [0.15, 0.2) is 61.2 Å². The number of H-pyrrole nitrogens is 2. The molecule has 0 unspecified atom stereocenters. The maximum Gasteiger partial charge on any atom is 0.224 e. The highest BCUT2D eigenvalue weighted by Gasteiger charge is 2.16. The number of aromatic nitrogens is 6. The summed E-state index contributed by atoms with van der Waals surface area (Å²) in [6, 6.07) is 12.3. The Labute approximate surface area is 204 Å². The van der Waals surface area contributed by atoms with Gasteiger partial charge in [0.1, 0.15) is 11.3 Å². The number of anilines is 1. The minimum Gasteiger partial charge on any atom is -0.338 e. The lowest BCUT2D eigenvalue weighted by molar-refractivity contribution is -0.115. The highest BCUT2D eigenvalue weighted by molar-refractivity contribution is 7.15. The Morgan fingerprint density at radius 1 is 1.06 bits per heavy atom. The number of nitrogens with one attached hydrogen (secondary N) is 3. The largest absolute Gasteiger partial charge is 0.338 e. The third-order valence-electron chi connectivity index (χ3n) is 5.88. The van der Waals surface area contributed by atoms with Crippen molar-refractivity contribution >= 4 is 44.9 Å². The molecule has 0 atom stereocenters. The predicted molar refractivity (Wildman–Crippen MR) is 139 cm³/mol. The van der Waals surface area contributed by atoms with Crippen molar-refractivity contribution in [3.8, 4) is 33.1 Å². The number of nitrogens with zero attached hydrogens (tertiary/aromatic N) is 4. The molecule has 0 aliphatic carbocycles. The van der Waals surface area contributed by atoms with Gasteiger partial charge in [-0.1, -0.05) is 6.92 Å². The van der Waals surface area contributed by atoms with Crippen LogP contribution in [0.4, 0.5) is 5.69 Å². The van der Waals surface area contributed by atoms with E-state index in [9.17, 15) is 4.79 Å². The molecule has 8 nitrogen and oxygen atoms in total. The predicted octanol–water partition coefficient (Wildman–Crippen LogP) is 5.95. The Kier molecular flexibility index (Phi) is 5.11. The summed E-state index contributed by atoms with van der Waals surface area (Å²) < 4.78 is 0. The molecule has 0 fully saturated rings. The molecule has 6 rings (SSSR count). The van der Waals surface area contributed by atoms with Crippen LogP contribution in [0.3, 0.4) is 0 Å². The summed E-state index contributed by atoms with van der Waals surface area (Å²) in [6.07, 6.45) is 7.36. The molecule has 0 saturated carbocycles. The standard InChI is InChI=1S/C26H21N7OS/c1-3-24(34)30-16-8-15(11-27-12-16)20-10-19-22(13-29-20)32-33-25(19)21-9-18-17(6-7-28-26(18)31-21)23-5-4-14(2)35-23/h4-13H,3H2,1-2H3,(H,28,31)(H,30,34)(H,32,33). The molecule has 0 aromatic carbocycles. The number of amides is 1. The fraction of sp³-hybridized carbons (Fsp3) is 0.115. The van der Waals surface area contributed by atoms with Gasteiger partial charge in [0.2, 0.25) is 5.91 Å². The van der Waals surface area contributed by atoms with Crippen molar-refractivity contribution in [2.24, 2.45) is 0 Å². The van der Waals surface area contributed by atoms with Crippen molar-refractivity contribution in [2.45, 2.75) is 20.3 Å². The first kappa shape index (κ1) is 21.2. The van der Waals surface area contributed by atoms with Gasteiger partial charge in [-0.2, -0.15) is 5.10 Å². The minimum atomic E-state index is -0.0611. The van der Waals surface area contributed by atoms with E-state index >= 15 is 0 Å². The molecular weight excluding hydrogens is 458 g/mol. The van der Waals surface area contributed by atoms with Gasteiger partial charge in [-0.05, 0) is 43.3 Å².